The summed E-state index contributed by atoms with van der Waals surface area (Å²) in [4.78, 5) is 6.81. The largest absolute Gasteiger partial charge is 0.490 e. The SMILES string of the molecule is CCOc1cccnc1N1CCCC1CCCO. The molecule has 4 nitrogen and oxygen atoms in total. The summed E-state index contributed by atoms with van der Waals surface area (Å²) in [5.74, 6) is 1.83. The Kier molecular flexibility index (Phi) is 4.81. The topological polar surface area (TPSA) is 45.6 Å². The van der Waals surface area contributed by atoms with Crippen LogP contribution in [0.15, 0.2) is 18.3 Å². The Labute approximate surface area is 109 Å². The summed E-state index contributed by atoms with van der Waals surface area (Å²) in [6.45, 7) is 3.95. The molecule has 4 heteroatoms. The first kappa shape index (κ1) is 13.1. The summed E-state index contributed by atoms with van der Waals surface area (Å²) in [6, 6.07) is 4.38. The summed E-state index contributed by atoms with van der Waals surface area (Å²) >= 11 is 0. The van der Waals surface area contributed by atoms with Gasteiger partial charge in [-0.1, -0.05) is 0 Å². The highest BCUT2D eigenvalue weighted by atomic mass is 16.5. The van der Waals surface area contributed by atoms with E-state index in [-0.39, 0.29) is 6.61 Å². The van der Waals surface area contributed by atoms with E-state index in [0.717, 1.165) is 31.0 Å². The van der Waals surface area contributed by atoms with Gasteiger partial charge in [0.1, 0.15) is 0 Å². The Morgan fingerprint density at radius 2 is 2.44 bits per heavy atom. The average molecular weight is 250 g/mol. The molecule has 1 N–H and O–H groups in total. The molecule has 1 atom stereocenters. The minimum absolute atomic E-state index is 0.269. The fraction of sp³-hybridized carbons (Fsp3) is 0.643. The van der Waals surface area contributed by atoms with E-state index in [4.69, 9.17) is 9.84 Å². The first-order valence-electron chi connectivity index (χ1n) is 6.82. The maximum atomic E-state index is 8.96. The Bertz CT molecular complexity index is 371. The highest BCUT2D eigenvalue weighted by Crippen LogP contribution is 2.32. The van der Waals surface area contributed by atoms with Gasteiger partial charge in [0, 0.05) is 25.4 Å². The number of aliphatic hydroxyl groups is 1. The summed E-state index contributed by atoms with van der Waals surface area (Å²) < 4.78 is 5.65. The first-order valence-corrected chi connectivity index (χ1v) is 6.82. The molecule has 1 aromatic heterocycles. The summed E-state index contributed by atoms with van der Waals surface area (Å²) in [6.07, 6.45) is 6.08. The Hall–Kier alpha value is -1.29. The molecule has 1 fully saturated rings. The second-order valence-electron chi connectivity index (χ2n) is 4.61. The Balaban J connectivity index is 2.13. The van der Waals surface area contributed by atoms with Gasteiger partial charge in [-0.3, -0.25) is 0 Å². The zero-order valence-electron chi connectivity index (χ0n) is 11.0. The van der Waals surface area contributed by atoms with E-state index < -0.39 is 0 Å². The molecule has 0 aliphatic carbocycles. The predicted molar refractivity (Wildman–Crippen MR) is 72.1 cm³/mol. The summed E-state index contributed by atoms with van der Waals surface area (Å²) in [5, 5.41) is 8.96. The van der Waals surface area contributed by atoms with Crippen molar-refractivity contribution in [3.8, 4) is 5.75 Å². The standard InChI is InChI=1S/C14H22N2O2/c1-2-18-13-8-3-9-15-14(13)16-10-4-6-12(16)7-5-11-17/h3,8-9,12,17H,2,4-7,10-11H2,1H3. The molecule has 2 heterocycles. The number of ether oxygens (including phenoxy) is 1. The molecule has 0 bridgehead atoms. The molecule has 1 aliphatic heterocycles. The molecule has 1 saturated heterocycles. The van der Waals surface area contributed by atoms with Crippen molar-refractivity contribution in [2.24, 2.45) is 0 Å². The van der Waals surface area contributed by atoms with E-state index in [1.807, 2.05) is 25.3 Å². The fourth-order valence-corrected chi connectivity index (χ4v) is 2.61. The quantitative estimate of drug-likeness (QED) is 0.841. The highest BCUT2D eigenvalue weighted by molar-refractivity contribution is 5.53. The number of hydrogen-bond donors (Lipinski definition) is 1. The minimum Gasteiger partial charge on any atom is -0.490 e. The van der Waals surface area contributed by atoms with Crippen LogP contribution in [0.4, 0.5) is 5.82 Å². The number of hydrogen-bond acceptors (Lipinski definition) is 4. The van der Waals surface area contributed by atoms with E-state index in [1.165, 1.54) is 12.8 Å². The number of anilines is 1. The fourth-order valence-electron chi connectivity index (χ4n) is 2.61. The highest BCUT2D eigenvalue weighted by Gasteiger charge is 2.27. The third-order valence-corrected chi connectivity index (χ3v) is 3.40. The zero-order chi connectivity index (χ0) is 12.8. The normalized spacial score (nSPS) is 19.2. The number of pyridine rings is 1. The summed E-state index contributed by atoms with van der Waals surface area (Å²) in [7, 11) is 0. The summed E-state index contributed by atoms with van der Waals surface area (Å²) in [5.41, 5.74) is 0. The lowest BCUT2D eigenvalue weighted by atomic mass is 10.1. The van der Waals surface area contributed by atoms with E-state index in [1.54, 1.807) is 0 Å². The molecule has 1 unspecified atom stereocenters. The van der Waals surface area contributed by atoms with E-state index in [0.29, 0.717) is 12.6 Å². The number of nitrogens with zero attached hydrogens (tertiary/aromatic N) is 2. The molecule has 100 valence electrons. The lowest BCUT2D eigenvalue weighted by molar-refractivity contribution is 0.279. The van der Waals surface area contributed by atoms with Gasteiger partial charge < -0.3 is 14.7 Å². The lowest BCUT2D eigenvalue weighted by Gasteiger charge is -2.27. The van der Waals surface area contributed by atoms with Gasteiger partial charge in [-0.2, -0.15) is 0 Å². The average Bonchev–Trinajstić information content (AvgIpc) is 2.85. The molecular weight excluding hydrogens is 228 g/mol. The van der Waals surface area contributed by atoms with Gasteiger partial charge in [-0.25, -0.2) is 4.98 Å². The van der Waals surface area contributed by atoms with E-state index in [2.05, 4.69) is 9.88 Å². The van der Waals surface area contributed by atoms with Crippen molar-refractivity contribution in [1.82, 2.24) is 4.98 Å². The van der Waals surface area contributed by atoms with Gasteiger partial charge in [0.2, 0.25) is 0 Å². The van der Waals surface area contributed by atoms with Crippen LogP contribution in [-0.4, -0.2) is 35.9 Å². The van der Waals surface area contributed by atoms with Gasteiger partial charge in [0.05, 0.1) is 6.61 Å². The number of rotatable bonds is 6. The zero-order valence-corrected chi connectivity index (χ0v) is 11.0. The third kappa shape index (κ3) is 2.93. The van der Waals surface area contributed by atoms with Gasteiger partial charge >= 0.3 is 0 Å². The van der Waals surface area contributed by atoms with Crippen LogP contribution < -0.4 is 9.64 Å². The Morgan fingerprint density at radius 1 is 1.56 bits per heavy atom. The molecule has 0 radical (unpaired) electrons. The van der Waals surface area contributed by atoms with Crippen molar-refractivity contribution in [2.45, 2.75) is 38.6 Å². The second-order valence-corrected chi connectivity index (χ2v) is 4.61. The van der Waals surface area contributed by atoms with Crippen LogP contribution in [0.5, 0.6) is 5.75 Å². The number of aromatic nitrogens is 1. The second kappa shape index (κ2) is 6.59. The third-order valence-electron chi connectivity index (χ3n) is 3.40. The van der Waals surface area contributed by atoms with Gasteiger partial charge in [-0.05, 0) is 44.7 Å². The van der Waals surface area contributed by atoms with E-state index in [9.17, 15) is 0 Å². The molecule has 0 spiro atoms. The van der Waals surface area contributed by atoms with Gasteiger partial charge in [-0.15, -0.1) is 0 Å². The van der Waals surface area contributed by atoms with Crippen LogP contribution in [0.3, 0.4) is 0 Å². The van der Waals surface area contributed by atoms with Crippen LogP contribution in [0, 0.1) is 0 Å². The molecule has 0 amide bonds. The lowest BCUT2D eigenvalue weighted by Crippen LogP contribution is -2.30. The molecule has 0 saturated carbocycles. The first-order chi connectivity index (χ1) is 8.86. The van der Waals surface area contributed by atoms with Crippen molar-refractivity contribution < 1.29 is 9.84 Å². The van der Waals surface area contributed by atoms with Gasteiger partial charge in [0.25, 0.3) is 0 Å². The smallest absolute Gasteiger partial charge is 0.171 e. The molecular formula is C14H22N2O2. The number of aliphatic hydroxyl groups excluding tert-OH is 1. The molecule has 1 aromatic rings. The van der Waals surface area contributed by atoms with Crippen molar-refractivity contribution in [1.29, 1.82) is 0 Å². The monoisotopic (exact) mass is 250 g/mol. The maximum Gasteiger partial charge on any atom is 0.171 e. The van der Waals surface area contributed by atoms with Crippen LogP contribution in [0.25, 0.3) is 0 Å². The molecule has 0 aromatic carbocycles. The van der Waals surface area contributed by atoms with Crippen LogP contribution in [0.1, 0.15) is 32.6 Å². The van der Waals surface area contributed by atoms with Crippen molar-refractivity contribution in [3.05, 3.63) is 18.3 Å². The minimum atomic E-state index is 0.269. The Morgan fingerprint density at radius 3 is 3.22 bits per heavy atom. The molecule has 1 aliphatic rings. The van der Waals surface area contributed by atoms with E-state index >= 15 is 0 Å². The van der Waals surface area contributed by atoms with Crippen LogP contribution in [0.2, 0.25) is 0 Å². The predicted octanol–water partition coefficient (Wildman–Crippen LogP) is 2.22. The van der Waals surface area contributed by atoms with Crippen molar-refractivity contribution in [2.75, 3.05) is 24.7 Å². The molecule has 18 heavy (non-hydrogen) atoms. The van der Waals surface area contributed by atoms with Crippen LogP contribution in [-0.2, 0) is 0 Å². The van der Waals surface area contributed by atoms with Crippen molar-refractivity contribution in [3.63, 3.8) is 0 Å². The van der Waals surface area contributed by atoms with Crippen LogP contribution >= 0.6 is 0 Å². The van der Waals surface area contributed by atoms with Gasteiger partial charge in [0.15, 0.2) is 11.6 Å². The van der Waals surface area contributed by atoms with Crippen molar-refractivity contribution >= 4 is 5.82 Å². The molecule has 2 rings (SSSR count). The maximum absolute atomic E-state index is 8.96.